The minimum Gasteiger partial charge on any atom is -0.497 e. The molecule has 0 atom stereocenters. The van der Waals surface area contributed by atoms with Crippen molar-refractivity contribution in [1.29, 1.82) is 0 Å². The maximum absolute atomic E-state index is 12.5. The Labute approximate surface area is 140 Å². The lowest BCUT2D eigenvalue weighted by Crippen LogP contribution is -2.24. The average molecular weight is 336 g/mol. The third kappa shape index (κ3) is 3.87. The summed E-state index contributed by atoms with van der Waals surface area (Å²) in [5.74, 6) is 1.26. The number of hydrogen-bond acceptors (Lipinski definition) is 4. The molecule has 0 aromatic heterocycles. The molecule has 2 rings (SSSR count). The van der Waals surface area contributed by atoms with Crippen molar-refractivity contribution in [2.24, 2.45) is 0 Å². The normalized spacial score (nSPS) is 10.1. The lowest BCUT2D eigenvalue weighted by molar-refractivity contribution is 0.0944. The van der Waals surface area contributed by atoms with Crippen LogP contribution in [0.5, 0.6) is 17.2 Å². The highest BCUT2D eigenvalue weighted by atomic mass is 35.5. The Balaban J connectivity index is 2.17. The molecule has 0 unspecified atom stereocenters. The number of carbonyl (C=O) groups is 1. The number of nitrogens with one attached hydrogen (secondary N) is 1. The molecule has 0 fully saturated rings. The number of carbonyl (C=O) groups excluding carboxylic acids is 1. The van der Waals surface area contributed by atoms with Gasteiger partial charge in [0.15, 0.2) is 0 Å². The maximum atomic E-state index is 12.5. The monoisotopic (exact) mass is 335 g/mol. The predicted octanol–water partition coefficient (Wildman–Crippen LogP) is 3.30. The SMILES string of the molecule is COc1ccc(CNC(=O)c2c(OC)cccc2OC)c(Cl)c1. The molecule has 0 spiro atoms. The van der Waals surface area contributed by atoms with Crippen LogP contribution in [0.1, 0.15) is 15.9 Å². The highest BCUT2D eigenvalue weighted by molar-refractivity contribution is 6.31. The summed E-state index contributed by atoms with van der Waals surface area (Å²) in [5.41, 5.74) is 1.14. The highest BCUT2D eigenvalue weighted by Crippen LogP contribution is 2.28. The Morgan fingerprint density at radius 2 is 1.70 bits per heavy atom. The Bertz CT molecular complexity index is 681. The number of rotatable bonds is 6. The van der Waals surface area contributed by atoms with Crippen molar-refractivity contribution in [2.75, 3.05) is 21.3 Å². The molecular formula is C17H18ClNO4. The molecule has 5 nitrogen and oxygen atoms in total. The van der Waals surface area contributed by atoms with E-state index in [2.05, 4.69) is 5.32 Å². The predicted molar refractivity (Wildman–Crippen MR) is 88.7 cm³/mol. The van der Waals surface area contributed by atoms with Gasteiger partial charge in [0.2, 0.25) is 0 Å². The number of hydrogen-bond donors (Lipinski definition) is 1. The van der Waals surface area contributed by atoms with E-state index in [1.54, 1.807) is 43.5 Å². The van der Waals surface area contributed by atoms with Crippen molar-refractivity contribution in [1.82, 2.24) is 5.32 Å². The third-order valence-corrected chi connectivity index (χ3v) is 3.71. The molecule has 6 heteroatoms. The first-order valence-corrected chi connectivity index (χ1v) is 7.30. The second-order valence-corrected chi connectivity index (χ2v) is 5.08. The smallest absolute Gasteiger partial charge is 0.259 e. The van der Waals surface area contributed by atoms with Crippen molar-refractivity contribution in [3.05, 3.63) is 52.5 Å². The highest BCUT2D eigenvalue weighted by Gasteiger charge is 2.18. The van der Waals surface area contributed by atoms with Crippen LogP contribution in [-0.4, -0.2) is 27.2 Å². The molecule has 0 radical (unpaired) electrons. The van der Waals surface area contributed by atoms with Crippen molar-refractivity contribution in [3.8, 4) is 17.2 Å². The van der Waals surface area contributed by atoms with Gasteiger partial charge in [-0.25, -0.2) is 0 Å². The van der Waals surface area contributed by atoms with Gasteiger partial charge in [0, 0.05) is 11.6 Å². The Hall–Kier alpha value is -2.40. The zero-order valence-corrected chi connectivity index (χ0v) is 13.9. The van der Waals surface area contributed by atoms with E-state index in [1.165, 1.54) is 14.2 Å². The van der Waals surface area contributed by atoms with Crippen molar-refractivity contribution >= 4 is 17.5 Å². The van der Waals surface area contributed by atoms with Gasteiger partial charge in [0.25, 0.3) is 5.91 Å². The molecule has 122 valence electrons. The van der Waals surface area contributed by atoms with Gasteiger partial charge >= 0.3 is 0 Å². The van der Waals surface area contributed by atoms with Crippen molar-refractivity contribution in [2.45, 2.75) is 6.54 Å². The van der Waals surface area contributed by atoms with Crippen LogP contribution in [0.2, 0.25) is 5.02 Å². The van der Waals surface area contributed by atoms with Crippen LogP contribution in [0.25, 0.3) is 0 Å². The van der Waals surface area contributed by atoms with Crippen LogP contribution in [-0.2, 0) is 6.54 Å². The van der Waals surface area contributed by atoms with E-state index < -0.39 is 0 Å². The zero-order chi connectivity index (χ0) is 16.8. The Morgan fingerprint density at radius 3 is 2.22 bits per heavy atom. The summed E-state index contributed by atoms with van der Waals surface area (Å²) in [6.45, 7) is 0.281. The lowest BCUT2D eigenvalue weighted by atomic mass is 10.1. The quantitative estimate of drug-likeness (QED) is 0.880. The standard InChI is InChI=1S/C17H18ClNO4/c1-21-12-8-7-11(13(18)9-12)10-19-17(20)16-14(22-2)5-4-6-15(16)23-3/h4-9H,10H2,1-3H3,(H,19,20). The first kappa shape index (κ1) is 17.0. The van der Waals surface area contributed by atoms with Gasteiger partial charge in [-0.1, -0.05) is 23.7 Å². The van der Waals surface area contributed by atoms with Gasteiger partial charge in [-0.3, -0.25) is 4.79 Å². The molecule has 2 aromatic rings. The van der Waals surface area contributed by atoms with Gasteiger partial charge < -0.3 is 19.5 Å². The zero-order valence-electron chi connectivity index (χ0n) is 13.2. The van der Waals surface area contributed by atoms with E-state index in [1.807, 2.05) is 0 Å². The van der Waals surface area contributed by atoms with E-state index in [4.69, 9.17) is 25.8 Å². The number of amides is 1. The number of ether oxygens (including phenoxy) is 3. The second-order valence-electron chi connectivity index (χ2n) is 4.68. The molecule has 1 amide bonds. The van der Waals surface area contributed by atoms with Gasteiger partial charge in [0.05, 0.1) is 21.3 Å². The minimum absolute atomic E-state index is 0.281. The molecule has 0 saturated carbocycles. The molecule has 0 saturated heterocycles. The molecule has 0 bridgehead atoms. The minimum atomic E-state index is -0.300. The van der Waals surface area contributed by atoms with E-state index in [0.29, 0.717) is 27.8 Å². The lowest BCUT2D eigenvalue weighted by Gasteiger charge is -2.13. The molecule has 0 aliphatic rings. The third-order valence-electron chi connectivity index (χ3n) is 3.35. The maximum Gasteiger partial charge on any atom is 0.259 e. The largest absolute Gasteiger partial charge is 0.497 e. The summed E-state index contributed by atoms with van der Waals surface area (Å²) in [7, 11) is 4.58. The summed E-state index contributed by atoms with van der Waals surface area (Å²) >= 11 is 6.17. The van der Waals surface area contributed by atoms with E-state index in [0.717, 1.165) is 5.56 Å². The van der Waals surface area contributed by atoms with Crippen LogP contribution in [0.15, 0.2) is 36.4 Å². The molecule has 0 heterocycles. The van der Waals surface area contributed by atoms with Gasteiger partial charge in [-0.05, 0) is 29.8 Å². The summed E-state index contributed by atoms with van der Waals surface area (Å²) in [6, 6.07) is 10.5. The average Bonchev–Trinajstić information content (AvgIpc) is 2.59. The van der Waals surface area contributed by atoms with Crippen molar-refractivity contribution < 1.29 is 19.0 Å². The topological polar surface area (TPSA) is 56.8 Å². The second kappa shape index (κ2) is 7.74. The van der Waals surface area contributed by atoms with Crippen LogP contribution < -0.4 is 19.5 Å². The molecule has 1 N–H and O–H groups in total. The Kier molecular flexibility index (Phi) is 5.71. The van der Waals surface area contributed by atoms with Crippen LogP contribution in [0.4, 0.5) is 0 Å². The van der Waals surface area contributed by atoms with Crippen LogP contribution in [0.3, 0.4) is 0 Å². The molecule has 0 aliphatic carbocycles. The fourth-order valence-corrected chi connectivity index (χ4v) is 2.37. The first-order valence-electron chi connectivity index (χ1n) is 6.92. The summed E-state index contributed by atoms with van der Waals surface area (Å²) < 4.78 is 15.6. The molecular weight excluding hydrogens is 318 g/mol. The Morgan fingerprint density at radius 1 is 1.04 bits per heavy atom. The van der Waals surface area contributed by atoms with Gasteiger partial charge in [0.1, 0.15) is 22.8 Å². The number of halogens is 1. The van der Waals surface area contributed by atoms with E-state index in [-0.39, 0.29) is 12.5 Å². The van der Waals surface area contributed by atoms with Crippen molar-refractivity contribution in [3.63, 3.8) is 0 Å². The summed E-state index contributed by atoms with van der Waals surface area (Å²) in [4.78, 5) is 12.5. The van der Waals surface area contributed by atoms with Crippen LogP contribution >= 0.6 is 11.6 Å². The molecule has 0 aliphatic heterocycles. The van der Waals surface area contributed by atoms with Gasteiger partial charge in [-0.15, -0.1) is 0 Å². The first-order chi connectivity index (χ1) is 11.1. The number of methoxy groups -OCH3 is 3. The fraction of sp³-hybridized carbons (Fsp3) is 0.235. The number of benzene rings is 2. The fourth-order valence-electron chi connectivity index (χ4n) is 2.14. The van der Waals surface area contributed by atoms with Crippen LogP contribution in [0, 0.1) is 0 Å². The molecule has 2 aromatic carbocycles. The molecule has 23 heavy (non-hydrogen) atoms. The summed E-state index contributed by atoms with van der Waals surface area (Å²) in [5, 5.41) is 3.34. The van der Waals surface area contributed by atoms with E-state index in [9.17, 15) is 4.79 Å². The van der Waals surface area contributed by atoms with Gasteiger partial charge in [-0.2, -0.15) is 0 Å². The van der Waals surface area contributed by atoms with E-state index >= 15 is 0 Å². The summed E-state index contributed by atoms with van der Waals surface area (Å²) in [6.07, 6.45) is 0.